The zero-order valence-corrected chi connectivity index (χ0v) is 12.1. The Balaban J connectivity index is 2.53. The van der Waals surface area contributed by atoms with Gasteiger partial charge in [-0.15, -0.1) is 0 Å². The summed E-state index contributed by atoms with van der Waals surface area (Å²) < 4.78 is 7.45. The maximum Gasteiger partial charge on any atom is 0.339 e. The zero-order chi connectivity index (χ0) is 14.1. The van der Waals surface area contributed by atoms with E-state index in [1.165, 1.54) is 7.11 Å². The maximum atomic E-state index is 11.6. The van der Waals surface area contributed by atoms with E-state index in [9.17, 15) is 9.59 Å². The van der Waals surface area contributed by atoms with E-state index in [1.54, 1.807) is 18.2 Å². The fraction of sp³-hybridized carbons (Fsp3) is 0.429. The second kappa shape index (κ2) is 8.58. The largest absolute Gasteiger partial charge is 0.465 e. The molecule has 1 aromatic carbocycles. The molecule has 1 amide bonds. The van der Waals surface area contributed by atoms with E-state index in [0.29, 0.717) is 16.9 Å². The van der Waals surface area contributed by atoms with Crippen LogP contribution in [0.2, 0.25) is 0 Å². The molecular weight excluding hydrogens is 262 g/mol. The van der Waals surface area contributed by atoms with Crippen molar-refractivity contribution in [2.24, 2.45) is 0 Å². The Labute approximate surface area is 118 Å². The topological polar surface area (TPSA) is 55.4 Å². The molecule has 19 heavy (non-hydrogen) atoms. The molecule has 0 radical (unpaired) electrons. The number of esters is 1. The van der Waals surface area contributed by atoms with Crippen molar-refractivity contribution in [1.82, 2.24) is 4.72 Å². The molecule has 0 bridgehead atoms. The summed E-state index contributed by atoms with van der Waals surface area (Å²) in [5.41, 5.74) is 0.462. The molecule has 1 aromatic rings. The predicted octanol–water partition coefficient (Wildman–Crippen LogP) is 3.18. The Morgan fingerprint density at radius 1 is 1.26 bits per heavy atom. The number of methoxy groups -OCH3 is 1. The molecule has 5 heteroatoms. The van der Waals surface area contributed by atoms with Gasteiger partial charge in [0.15, 0.2) is 0 Å². The quantitative estimate of drug-likeness (QED) is 0.474. The van der Waals surface area contributed by atoms with Crippen molar-refractivity contribution < 1.29 is 14.3 Å². The minimum Gasteiger partial charge on any atom is -0.465 e. The number of hydrogen-bond donors (Lipinski definition) is 1. The fourth-order valence-corrected chi connectivity index (χ4v) is 2.27. The number of rotatable bonds is 7. The van der Waals surface area contributed by atoms with Gasteiger partial charge in [0.2, 0.25) is 5.91 Å². The molecule has 1 rings (SSSR count). The molecule has 4 nitrogen and oxygen atoms in total. The lowest BCUT2D eigenvalue weighted by molar-refractivity contribution is -0.119. The predicted molar refractivity (Wildman–Crippen MR) is 75.9 cm³/mol. The first kappa shape index (κ1) is 15.6. The standard InChI is InChI=1S/C14H19NO3S/c1-3-4-5-10-13(16)15-19-12-9-7-6-8-11(12)14(17)18-2/h6-9H,3-5,10H2,1-2H3,(H,15,16). The molecule has 0 unspecified atom stereocenters. The van der Waals surface area contributed by atoms with Crippen LogP contribution in [-0.4, -0.2) is 19.0 Å². The lowest BCUT2D eigenvalue weighted by Crippen LogP contribution is -2.16. The Kier molecular flexibility index (Phi) is 7.03. The highest BCUT2D eigenvalue weighted by atomic mass is 32.2. The number of carbonyl (C=O) groups is 2. The lowest BCUT2D eigenvalue weighted by Gasteiger charge is -2.08. The number of nitrogens with one attached hydrogen (secondary N) is 1. The van der Waals surface area contributed by atoms with Crippen molar-refractivity contribution in [3.63, 3.8) is 0 Å². The van der Waals surface area contributed by atoms with Crippen LogP contribution in [0.4, 0.5) is 0 Å². The Hall–Kier alpha value is -1.49. The summed E-state index contributed by atoms with van der Waals surface area (Å²) in [7, 11) is 1.34. The van der Waals surface area contributed by atoms with Crippen LogP contribution < -0.4 is 4.72 Å². The number of benzene rings is 1. The van der Waals surface area contributed by atoms with Crippen LogP contribution in [0.25, 0.3) is 0 Å². The van der Waals surface area contributed by atoms with Crippen molar-refractivity contribution in [2.45, 2.75) is 37.5 Å². The van der Waals surface area contributed by atoms with Crippen LogP contribution in [0, 0.1) is 0 Å². The molecule has 0 aromatic heterocycles. The summed E-state index contributed by atoms with van der Waals surface area (Å²) in [6.45, 7) is 2.10. The van der Waals surface area contributed by atoms with Crippen LogP contribution in [0.3, 0.4) is 0 Å². The Morgan fingerprint density at radius 2 is 2.00 bits per heavy atom. The molecule has 0 aliphatic carbocycles. The average molecular weight is 281 g/mol. The van der Waals surface area contributed by atoms with Crippen LogP contribution in [0.1, 0.15) is 43.0 Å². The SMILES string of the molecule is CCCCCC(=O)NSc1ccccc1C(=O)OC. The number of carbonyl (C=O) groups excluding carboxylic acids is 2. The highest BCUT2D eigenvalue weighted by molar-refractivity contribution is 7.98. The molecule has 0 spiro atoms. The molecule has 0 aliphatic rings. The highest BCUT2D eigenvalue weighted by Crippen LogP contribution is 2.20. The van der Waals surface area contributed by atoms with E-state index in [0.717, 1.165) is 31.2 Å². The Bertz CT molecular complexity index is 434. The minimum atomic E-state index is -0.400. The van der Waals surface area contributed by atoms with Gasteiger partial charge in [-0.2, -0.15) is 0 Å². The van der Waals surface area contributed by atoms with Gasteiger partial charge in [0.1, 0.15) is 0 Å². The number of amides is 1. The van der Waals surface area contributed by atoms with Gasteiger partial charge in [0.05, 0.1) is 12.7 Å². The highest BCUT2D eigenvalue weighted by Gasteiger charge is 2.12. The molecule has 0 fully saturated rings. The van der Waals surface area contributed by atoms with Crippen molar-refractivity contribution >= 4 is 23.8 Å². The molecular formula is C14H19NO3S. The van der Waals surface area contributed by atoms with Crippen molar-refractivity contribution in [1.29, 1.82) is 0 Å². The third kappa shape index (κ3) is 5.34. The molecule has 104 valence electrons. The zero-order valence-electron chi connectivity index (χ0n) is 11.3. The summed E-state index contributed by atoms with van der Waals surface area (Å²) in [6, 6.07) is 7.04. The molecule has 0 saturated heterocycles. The van der Waals surface area contributed by atoms with E-state index in [2.05, 4.69) is 11.6 Å². The third-order valence-electron chi connectivity index (χ3n) is 2.57. The van der Waals surface area contributed by atoms with Crippen molar-refractivity contribution in [3.05, 3.63) is 29.8 Å². The summed E-state index contributed by atoms with van der Waals surface area (Å²) in [5.74, 6) is -0.415. The average Bonchev–Trinajstić information content (AvgIpc) is 2.45. The fourth-order valence-electron chi connectivity index (χ4n) is 1.53. The summed E-state index contributed by atoms with van der Waals surface area (Å²) in [4.78, 5) is 23.8. The molecule has 0 saturated carbocycles. The second-order valence-electron chi connectivity index (χ2n) is 4.07. The number of unbranched alkanes of at least 4 members (excludes halogenated alkanes) is 2. The van der Waals surface area contributed by atoms with Gasteiger partial charge in [-0.05, 0) is 30.5 Å². The number of hydrogen-bond acceptors (Lipinski definition) is 4. The van der Waals surface area contributed by atoms with Crippen LogP contribution in [0.15, 0.2) is 29.2 Å². The van der Waals surface area contributed by atoms with Gasteiger partial charge in [-0.3, -0.25) is 9.52 Å². The summed E-state index contributed by atoms with van der Waals surface area (Å²) in [5, 5.41) is 0. The summed E-state index contributed by atoms with van der Waals surface area (Å²) >= 11 is 1.16. The first-order valence-electron chi connectivity index (χ1n) is 6.32. The van der Waals surface area contributed by atoms with E-state index >= 15 is 0 Å². The van der Waals surface area contributed by atoms with Gasteiger partial charge >= 0.3 is 5.97 Å². The first-order valence-corrected chi connectivity index (χ1v) is 7.13. The normalized spacial score (nSPS) is 10.0. The smallest absolute Gasteiger partial charge is 0.339 e. The molecule has 0 aliphatic heterocycles. The monoisotopic (exact) mass is 281 g/mol. The van der Waals surface area contributed by atoms with Gasteiger partial charge in [-0.25, -0.2) is 4.79 Å². The first-order chi connectivity index (χ1) is 9.19. The van der Waals surface area contributed by atoms with E-state index < -0.39 is 5.97 Å². The van der Waals surface area contributed by atoms with Gasteiger partial charge in [0.25, 0.3) is 0 Å². The summed E-state index contributed by atoms with van der Waals surface area (Å²) in [6.07, 6.45) is 3.55. The second-order valence-corrected chi connectivity index (χ2v) is 4.92. The van der Waals surface area contributed by atoms with Gasteiger partial charge < -0.3 is 4.74 Å². The minimum absolute atomic E-state index is 0.0156. The van der Waals surface area contributed by atoms with Gasteiger partial charge in [0, 0.05) is 11.3 Å². The molecule has 0 heterocycles. The van der Waals surface area contributed by atoms with Crippen LogP contribution in [-0.2, 0) is 9.53 Å². The third-order valence-corrected chi connectivity index (χ3v) is 3.48. The Morgan fingerprint density at radius 3 is 2.68 bits per heavy atom. The van der Waals surface area contributed by atoms with E-state index in [-0.39, 0.29) is 5.91 Å². The van der Waals surface area contributed by atoms with Crippen molar-refractivity contribution in [3.8, 4) is 0 Å². The maximum absolute atomic E-state index is 11.6. The molecule has 0 atom stereocenters. The van der Waals surface area contributed by atoms with Gasteiger partial charge in [-0.1, -0.05) is 31.9 Å². The van der Waals surface area contributed by atoms with E-state index in [4.69, 9.17) is 4.74 Å². The molecule has 1 N–H and O–H groups in total. The number of ether oxygens (including phenoxy) is 1. The van der Waals surface area contributed by atoms with Crippen LogP contribution >= 0.6 is 11.9 Å². The van der Waals surface area contributed by atoms with Crippen LogP contribution in [0.5, 0.6) is 0 Å². The van der Waals surface area contributed by atoms with E-state index in [1.807, 2.05) is 6.07 Å². The lowest BCUT2D eigenvalue weighted by atomic mass is 10.2. The van der Waals surface area contributed by atoms with Crippen molar-refractivity contribution in [2.75, 3.05) is 7.11 Å².